The molecule has 0 aliphatic rings. The molecule has 0 atom stereocenters. The number of rotatable bonds is 9. The van der Waals surface area contributed by atoms with E-state index >= 15 is 0 Å². The van der Waals surface area contributed by atoms with E-state index in [0.29, 0.717) is 0 Å². The van der Waals surface area contributed by atoms with E-state index in [0.717, 1.165) is 0 Å². The molecule has 0 bridgehead atoms. The van der Waals surface area contributed by atoms with Gasteiger partial charge >= 0.3 is 0 Å². The van der Waals surface area contributed by atoms with Crippen molar-refractivity contribution in [2.45, 2.75) is 41.5 Å². The van der Waals surface area contributed by atoms with Crippen molar-refractivity contribution in [2.24, 2.45) is 0 Å². The Morgan fingerprint density at radius 3 is 0.565 bits per heavy atom. The van der Waals surface area contributed by atoms with Crippen LogP contribution in [-0.4, -0.2) is 0 Å². The van der Waals surface area contributed by atoms with Crippen LogP contribution in [0, 0.1) is 41.5 Å². The SMILES string of the molecule is Cc1ccccc1N(c1ccccc1C)P(N(c1ccccc1C)c1ccccc1C)N(c1ccccc1C)c1ccccc1C. The lowest BCUT2D eigenvalue weighted by molar-refractivity contribution is 1.21. The number of benzene rings is 6. The maximum absolute atomic E-state index is 2.61. The van der Waals surface area contributed by atoms with Crippen LogP contribution in [0.5, 0.6) is 0 Å². The minimum absolute atomic E-state index is 1.18. The van der Waals surface area contributed by atoms with E-state index in [1.807, 2.05) is 0 Å². The summed E-state index contributed by atoms with van der Waals surface area (Å²) in [4.78, 5) is 0. The third kappa shape index (κ3) is 6.04. The molecule has 0 unspecified atom stereocenters. The van der Waals surface area contributed by atoms with Crippen molar-refractivity contribution in [3.05, 3.63) is 179 Å². The smallest absolute Gasteiger partial charge is 0.222 e. The summed E-state index contributed by atoms with van der Waals surface area (Å²) in [6, 6.07) is 52.8. The van der Waals surface area contributed by atoms with Crippen molar-refractivity contribution in [3.8, 4) is 0 Å². The maximum Gasteiger partial charge on any atom is 0.222 e. The van der Waals surface area contributed by atoms with Gasteiger partial charge in [-0.1, -0.05) is 109 Å². The van der Waals surface area contributed by atoms with Crippen LogP contribution in [0.25, 0.3) is 0 Å². The highest BCUT2D eigenvalue weighted by atomic mass is 31.2. The topological polar surface area (TPSA) is 9.72 Å². The van der Waals surface area contributed by atoms with E-state index in [1.54, 1.807) is 0 Å². The number of hydrogen-bond acceptors (Lipinski definition) is 3. The Morgan fingerprint density at radius 1 is 0.261 bits per heavy atom. The van der Waals surface area contributed by atoms with Crippen LogP contribution in [0.4, 0.5) is 34.1 Å². The van der Waals surface area contributed by atoms with Crippen LogP contribution in [0.3, 0.4) is 0 Å². The van der Waals surface area contributed by atoms with Gasteiger partial charge in [-0.05, 0) is 111 Å². The number of hydrogen-bond donors (Lipinski definition) is 0. The Morgan fingerprint density at radius 2 is 0.413 bits per heavy atom. The zero-order valence-corrected chi connectivity index (χ0v) is 28.5. The average molecular weight is 620 g/mol. The van der Waals surface area contributed by atoms with E-state index in [4.69, 9.17) is 0 Å². The van der Waals surface area contributed by atoms with Crippen molar-refractivity contribution in [1.29, 1.82) is 0 Å². The highest BCUT2D eigenvalue weighted by molar-refractivity contribution is 7.64. The molecule has 0 aliphatic carbocycles. The molecule has 46 heavy (non-hydrogen) atoms. The molecule has 6 rings (SSSR count). The molecule has 0 heterocycles. The quantitative estimate of drug-likeness (QED) is 0.149. The van der Waals surface area contributed by atoms with Gasteiger partial charge in [-0.25, -0.2) is 0 Å². The summed E-state index contributed by atoms with van der Waals surface area (Å²) in [6.07, 6.45) is 0. The van der Waals surface area contributed by atoms with Crippen LogP contribution in [0.1, 0.15) is 33.4 Å². The summed E-state index contributed by atoms with van der Waals surface area (Å²) >= 11 is 0. The lowest BCUT2D eigenvalue weighted by atomic mass is 10.1. The van der Waals surface area contributed by atoms with Crippen LogP contribution >= 0.6 is 8.37 Å². The van der Waals surface area contributed by atoms with E-state index in [9.17, 15) is 0 Å². The van der Waals surface area contributed by atoms with Gasteiger partial charge in [-0.15, -0.1) is 0 Å². The average Bonchev–Trinajstić information content (AvgIpc) is 3.06. The molecule has 0 saturated heterocycles. The fourth-order valence-corrected chi connectivity index (χ4v) is 9.08. The third-order valence-corrected chi connectivity index (χ3v) is 11.0. The van der Waals surface area contributed by atoms with Crippen LogP contribution < -0.4 is 14.0 Å². The van der Waals surface area contributed by atoms with Crippen molar-refractivity contribution >= 4 is 42.5 Å². The Hall–Kier alpha value is -4.85. The fraction of sp³-hybridized carbons (Fsp3) is 0.143. The van der Waals surface area contributed by atoms with Crippen LogP contribution in [0.15, 0.2) is 146 Å². The first-order valence-corrected chi connectivity index (χ1v) is 17.1. The molecule has 0 spiro atoms. The molecule has 0 aromatic heterocycles. The van der Waals surface area contributed by atoms with E-state index in [-0.39, 0.29) is 0 Å². The summed E-state index contributed by atoms with van der Waals surface area (Å²) in [5, 5.41) is 0. The minimum Gasteiger partial charge on any atom is -0.285 e. The largest absolute Gasteiger partial charge is 0.285 e. The second-order valence-electron chi connectivity index (χ2n) is 11.9. The van der Waals surface area contributed by atoms with Gasteiger partial charge in [0.05, 0.1) is 34.1 Å². The molecular weight excluding hydrogens is 577 g/mol. The third-order valence-electron chi connectivity index (χ3n) is 8.60. The van der Waals surface area contributed by atoms with E-state index < -0.39 is 8.37 Å². The second-order valence-corrected chi connectivity index (χ2v) is 13.7. The number of para-hydroxylation sites is 6. The Bertz CT molecular complexity index is 1600. The number of anilines is 6. The van der Waals surface area contributed by atoms with Crippen molar-refractivity contribution in [2.75, 3.05) is 14.0 Å². The minimum atomic E-state index is -1.41. The Labute approximate surface area is 276 Å². The molecule has 0 N–H and O–H groups in total. The molecular formula is C42H42N3P. The first-order valence-electron chi connectivity index (χ1n) is 15.9. The van der Waals surface area contributed by atoms with Crippen LogP contribution in [0.2, 0.25) is 0 Å². The predicted octanol–water partition coefficient (Wildman–Crippen LogP) is 12.6. The summed E-state index contributed by atoms with van der Waals surface area (Å²) < 4.78 is 7.83. The molecule has 0 saturated carbocycles. The molecule has 4 heteroatoms. The number of aryl methyl sites for hydroxylation is 6. The van der Waals surface area contributed by atoms with E-state index in [2.05, 4.69) is 201 Å². The lowest BCUT2D eigenvalue weighted by Crippen LogP contribution is -2.33. The molecule has 6 aromatic rings. The second kappa shape index (κ2) is 13.6. The van der Waals surface area contributed by atoms with Crippen molar-refractivity contribution in [3.63, 3.8) is 0 Å². The zero-order chi connectivity index (χ0) is 32.2. The highest BCUT2D eigenvalue weighted by Gasteiger charge is 2.39. The Kier molecular flexibility index (Phi) is 9.24. The predicted molar refractivity (Wildman–Crippen MR) is 200 cm³/mol. The molecule has 3 nitrogen and oxygen atoms in total. The first-order chi connectivity index (χ1) is 22.4. The summed E-state index contributed by atoms with van der Waals surface area (Å²) in [5.74, 6) is 0. The molecule has 0 aliphatic heterocycles. The molecule has 6 aromatic carbocycles. The normalized spacial score (nSPS) is 11.0. The van der Waals surface area contributed by atoms with Gasteiger partial charge in [0.15, 0.2) is 0 Å². The molecule has 230 valence electrons. The standard InChI is InChI=1S/C42H42N3P/c1-31-19-7-13-25-37(31)43(38-26-14-8-20-32(38)2)46(44(39-27-15-9-21-33(39)3)40-28-16-10-22-34(40)4)45(41-29-17-11-23-35(41)5)42-30-18-12-24-36(42)6/h7-30H,1-6H3. The first kappa shape index (κ1) is 31.1. The van der Waals surface area contributed by atoms with Gasteiger partial charge in [-0.3, -0.25) is 14.0 Å². The monoisotopic (exact) mass is 619 g/mol. The molecule has 0 fully saturated rings. The number of nitrogens with zero attached hydrogens (tertiary/aromatic N) is 3. The van der Waals surface area contributed by atoms with Gasteiger partial charge in [0, 0.05) is 0 Å². The fourth-order valence-electron chi connectivity index (χ4n) is 6.04. The highest BCUT2D eigenvalue weighted by Crippen LogP contribution is 2.64. The van der Waals surface area contributed by atoms with Gasteiger partial charge < -0.3 is 0 Å². The van der Waals surface area contributed by atoms with Gasteiger partial charge in [0.2, 0.25) is 8.37 Å². The van der Waals surface area contributed by atoms with Gasteiger partial charge in [-0.2, -0.15) is 0 Å². The summed E-state index contributed by atoms with van der Waals surface area (Å²) in [6.45, 7) is 13.4. The zero-order valence-electron chi connectivity index (χ0n) is 27.6. The lowest BCUT2D eigenvalue weighted by Gasteiger charge is -2.49. The van der Waals surface area contributed by atoms with E-state index in [1.165, 1.54) is 67.5 Å². The Balaban J connectivity index is 1.82. The van der Waals surface area contributed by atoms with Crippen molar-refractivity contribution in [1.82, 2.24) is 0 Å². The maximum atomic E-state index is 2.61. The van der Waals surface area contributed by atoms with Gasteiger partial charge in [0.1, 0.15) is 0 Å². The molecule has 0 amide bonds. The summed E-state index contributed by atoms with van der Waals surface area (Å²) in [5.41, 5.74) is 14.4. The van der Waals surface area contributed by atoms with Crippen LogP contribution in [-0.2, 0) is 0 Å². The molecule has 0 radical (unpaired) electrons. The van der Waals surface area contributed by atoms with Crippen molar-refractivity contribution < 1.29 is 0 Å². The summed E-state index contributed by atoms with van der Waals surface area (Å²) in [7, 11) is -1.41. The van der Waals surface area contributed by atoms with Gasteiger partial charge in [0.25, 0.3) is 0 Å².